The van der Waals surface area contributed by atoms with Gasteiger partial charge in [0.15, 0.2) is 0 Å². The van der Waals surface area contributed by atoms with E-state index in [-0.39, 0.29) is 29.5 Å². The predicted octanol–water partition coefficient (Wildman–Crippen LogP) is 17.4. The molecular weight excluding hydrogens is 1140 g/mol. The summed E-state index contributed by atoms with van der Waals surface area (Å²) in [7, 11) is 0. The second-order valence-corrected chi connectivity index (χ2v) is 27.6. The number of nitrogens with one attached hydrogen (secondary N) is 6. The molecule has 0 aliphatic heterocycles. The zero-order chi connectivity index (χ0) is 66.9. The number of rotatable bonds is 76. The van der Waals surface area contributed by atoms with Gasteiger partial charge in [-0.15, -0.1) is 0 Å². The van der Waals surface area contributed by atoms with Crippen LogP contribution in [0.15, 0.2) is 0 Å². The molecule has 0 radical (unpaired) electrons. The van der Waals surface area contributed by atoms with Crippen LogP contribution in [-0.4, -0.2) is 149 Å². The van der Waals surface area contributed by atoms with Gasteiger partial charge in [0.1, 0.15) is 0 Å². The molecule has 0 aromatic rings. The van der Waals surface area contributed by atoms with E-state index in [1.54, 1.807) is 0 Å². The minimum atomic E-state index is 0.0738. The molecule has 0 aromatic heterocycles. The van der Waals surface area contributed by atoms with E-state index in [1.165, 1.54) is 231 Å². The maximum Gasteiger partial charge on any atom is 0.221 e. The molecule has 0 bridgehead atoms. The highest BCUT2D eigenvalue weighted by atomic mass is 16.2. The van der Waals surface area contributed by atoms with E-state index in [0.29, 0.717) is 71.4 Å². The Bertz CT molecular complexity index is 1550. The molecule has 0 rings (SSSR count). The summed E-state index contributed by atoms with van der Waals surface area (Å²) < 4.78 is 0. The zero-order valence-corrected chi connectivity index (χ0v) is 62.0. The monoisotopic (exact) mass is 1300 g/mol. The fourth-order valence-electron chi connectivity index (χ4n) is 12.3. The van der Waals surface area contributed by atoms with Crippen molar-refractivity contribution >= 4 is 29.5 Å². The number of carbonyl (C=O) groups excluding carboxylic acids is 5. The van der Waals surface area contributed by atoms with Gasteiger partial charge < -0.3 is 46.6 Å². The van der Waals surface area contributed by atoms with Crippen molar-refractivity contribution < 1.29 is 24.0 Å². The van der Waals surface area contributed by atoms with Crippen molar-refractivity contribution in [2.75, 3.05) is 105 Å². The van der Waals surface area contributed by atoms with Gasteiger partial charge in [0, 0.05) is 130 Å². The maximum absolute atomic E-state index is 13.3. The Morgan fingerprint density at radius 2 is 0.370 bits per heavy atom. The van der Waals surface area contributed by atoms with Gasteiger partial charge in [0.2, 0.25) is 29.5 Å². The van der Waals surface area contributed by atoms with Crippen molar-refractivity contribution in [2.45, 2.75) is 369 Å². The molecule has 0 saturated heterocycles. The number of nitrogens with zero attached hydrogens (tertiary/aromatic N) is 3. The minimum Gasteiger partial charge on any atom is -0.356 e. The van der Waals surface area contributed by atoms with Crippen LogP contribution < -0.4 is 31.9 Å². The molecule has 544 valence electrons. The lowest BCUT2D eigenvalue weighted by atomic mass is 10.1. The number of unbranched alkanes of at least 4 members (excludes halogenated alkanes) is 41. The minimum absolute atomic E-state index is 0.0738. The largest absolute Gasteiger partial charge is 0.356 e. The van der Waals surface area contributed by atoms with Crippen molar-refractivity contribution in [3.63, 3.8) is 0 Å². The summed E-state index contributed by atoms with van der Waals surface area (Å²) >= 11 is 0. The number of amides is 5. The Kier molecular flexibility index (Phi) is 71.7. The summed E-state index contributed by atoms with van der Waals surface area (Å²) in [6, 6.07) is 0. The third kappa shape index (κ3) is 68.6. The van der Waals surface area contributed by atoms with Crippen molar-refractivity contribution in [3.05, 3.63) is 0 Å². The SMILES string of the molecule is CCCCCCCCCCCCNC(=O)CCCN(CCNCCN(CCC(=O)NCCCCCCCCCCCC)CCC(=O)NCCCCCCCCCCCC)CCN(CCC(=O)NCCCCCCCCC)CCC(=O)NCCCCCCCCCCC. The Labute approximate surface area is 570 Å². The smallest absolute Gasteiger partial charge is 0.221 e. The first-order valence-corrected chi connectivity index (χ1v) is 40.4. The average molecular weight is 1300 g/mol. The van der Waals surface area contributed by atoms with Crippen LogP contribution in [-0.2, 0) is 24.0 Å². The molecule has 5 amide bonds. The molecule has 0 spiro atoms. The quantitative estimate of drug-likeness (QED) is 0.0325. The lowest BCUT2D eigenvalue weighted by Crippen LogP contribution is -2.42. The van der Waals surface area contributed by atoms with E-state index in [0.717, 1.165) is 136 Å². The summed E-state index contributed by atoms with van der Waals surface area (Å²) in [5.74, 6) is 0.439. The lowest BCUT2D eigenvalue weighted by Gasteiger charge is -2.28. The van der Waals surface area contributed by atoms with E-state index >= 15 is 0 Å². The van der Waals surface area contributed by atoms with E-state index in [9.17, 15) is 24.0 Å². The molecule has 6 N–H and O–H groups in total. The Morgan fingerprint density at radius 1 is 0.185 bits per heavy atom. The van der Waals surface area contributed by atoms with Crippen LogP contribution in [0.5, 0.6) is 0 Å². The van der Waals surface area contributed by atoms with Gasteiger partial charge in [-0.25, -0.2) is 0 Å². The van der Waals surface area contributed by atoms with Gasteiger partial charge in [0.05, 0.1) is 0 Å². The van der Waals surface area contributed by atoms with Crippen LogP contribution >= 0.6 is 0 Å². The van der Waals surface area contributed by atoms with Crippen LogP contribution in [0, 0.1) is 0 Å². The Morgan fingerprint density at radius 3 is 0.598 bits per heavy atom. The fourth-order valence-corrected chi connectivity index (χ4v) is 12.3. The van der Waals surface area contributed by atoms with E-state index in [2.05, 4.69) is 81.2 Å². The summed E-state index contributed by atoms with van der Waals surface area (Å²) in [5, 5.41) is 19.7. The third-order valence-corrected chi connectivity index (χ3v) is 18.7. The van der Waals surface area contributed by atoms with Crippen LogP contribution in [0.4, 0.5) is 0 Å². The van der Waals surface area contributed by atoms with Gasteiger partial charge in [0.25, 0.3) is 0 Å². The van der Waals surface area contributed by atoms with Gasteiger partial charge >= 0.3 is 0 Å². The summed E-state index contributed by atoms with van der Waals surface area (Å²) in [5.41, 5.74) is 0. The standard InChI is InChI=1S/C78H157N9O5/c1-6-11-16-21-26-30-34-39-43-47-58-80-74(88)53-52-65-85(72-73-87(68-56-77(91)83-59-48-42-37-25-20-15-10-5)69-57-78(92)84-62-49-44-38-33-29-24-19-14-9-4)70-63-79-64-71-86(66-54-75(89)81-60-50-45-40-35-31-27-22-17-12-7-2)67-55-76(90)82-61-51-46-41-36-32-28-23-18-13-8-3/h79H,6-73H2,1-5H3,(H,80,88)(H,81,89)(H,82,90)(H,83,91)(H,84,92). The van der Waals surface area contributed by atoms with Crippen molar-refractivity contribution in [2.24, 2.45) is 0 Å². The molecule has 0 aliphatic rings. The third-order valence-electron chi connectivity index (χ3n) is 18.7. The highest BCUT2D eigenvalue weighted by Crippen LogP contribution is 2.15. The predicted molar refractivity (Wildman–Crippen MR) is 396 cm³/mol. The second kappa shape index (κ2) is 74.0. The average Bonchev–Trinajstić information content (AvgIpc) is 3.72. The molecular formula is C78H157N9O5. The lowest BCUT2D eigenvalue weighted by molar-refractivity contribution is -0.123. The van der Waals surface area contributed by atoms with Crippen molar-refractivity contribution in [1.82, 2.24) is 46.6 Å². The topological polar surface area (TPSA) is 167 Å². The van der Waals surface area contributed by atoms with Crippen LogP contribution in [0.25, 0.3) is 0 Å². The highest BCUT2D eigenvalue weighted by molar-refractivity contribution is 5.77. The van der Waals surface area contributed by atoms with Gasteiger partial charge in [-0.3, -0.25) is 24.0 Å². The van der Waals surface area contributed by atoms with Crippen LogP contribution in [0.3, 0.4) is 0 Å². The summed E-state index contributed by atoms with van der Waals surface area (Å²) in [6.07, 6.45) is 60.7. The maximum atomic E-state index is 13.3. The molecule has 0 unspecified atom stereocenters. The number of hydrogen-bond acceptors (Lipinski definition) is 9. The van der Waals surface area contributed by atoms with Gasteiger partial charge in [-0.05, 0) is 45.1 Å². The first-order chi connectivity index (χ1) is 45.2. The van der Waals surface area contributed by atoms with Crippen LogP contribution in [0.2, 0.25) is 0 Å². The molecule has 92 heavy (non-hydrogen) atoms. The molecule has 0 fully saturated rings. The van der Waals surface area contributed by atoms with E-state index in [4.69, 9.17) is 0 Å². The normalized spacial score (nSPS) is 11.6. The molecule has 0 heterocycles. The van der Waals surface area contributed by atoms with Crippen molar-refractivity contribution in [3.8, 4) is 0 Å². The fraction of sp³-hybridized carbons (Fsp3) is 0.936. The molecule has 14 nitrogen and oxygen atoms in total. The highest BCUT2D eigenvalue weighted by Gasteiger charge is 2.16. The van der Waals surface area contributed by atoms with Gasteiger partial charge in [-0.1, -0.05) is 298 Å². The van der Waals surface area contributed by atoms with Gasteiger partial charge in [-0.2, -0.15) is 0 Å². The molecule has 0 atom stereocenters. The molecule has 0 aromatic carbocycles. The Hall–Kier alpha value is -2.81. The second-order valence-electron chi connectivity index (χ2n) is 27.6. The number of carbonyl (C=O) groups is 5. The van der Waals surface area contributed by atoms with E-state index < -0.39 is 0 Å². The summed E-state index contributed by atoms with van der Waals surface area (Å²) in [4.78, 5) is 73.0. The Balaban J connectivity index is 5.79. The molecule has 0 aliphatic carbocycles. The summed E-state index contributed by atoms with van der Waals surface area (Å²) in [6.45, 7) is 22.6. The van der Waals surface area contributed by atoms with Crippen LogP contribution in [0.1, 0.15) is 369 Å². The molecule has 0 saturated carbocycles. The first kappa shape index (κ1) is 89.2. The van der Waals surface area contributed by atoms with E-state index in [1.807, 2.05) is 0 Å². The van der Waals surface area contributed by atoms with Crippen molar-refractivity contribution in [1.29, 1.82) is 0 Å². The zero-order valence-electron chi connectivity index (χ0n) is 62.0. The number of hydrogen-bond donors (Lipinski definition) is 6. The molecule has 14 heteroatoms. The first-order valence-electron chi connectivity index (χ1n) is 40.4.